The number of aliphatic hydroxyl groups is 1. The maximum absolute atomic E-state index is 10.6. The van der Waals surface area contributed by atoms with E-state index in [0.29, 0.717) is 17.9 Å². The highest BCUT2D eigenvalue weighted by molar-refractivity contribution is 6.30. The normalized spacial score (nSPS) is 28.0. The predicted octanol–water partition coefficient (Wildman–Crippen LogP) is 4.11. The maximum Gasteiger partial charge on any atom is 0.0574 e. The third kappa shape index (κ3) is 5.98. The van der Waals surface area contributed by atoms with E-state index in [4.69, 9.17) is 11.6 Å². The summed E-state index contributed by atoms with van der Waals surface area (Å²) in [5, 5.41) is 14.8. The number of halogens is 3. The number of hydrogen-bond donors (Lipinski definition) is 2. The largest absolute Gasteiger partial charge is 0.393 e. The fourth-order valence-corrected chi connectivity index (χ4v) is 4.55. The van der Waals surface area contributed by atoms with Gasteiger partial charge in [0.15, 0.2) is 0 Å². The monoisotopic (exact) mass is 408 g/mol. The molecule has 1 heterocycles. The van der Waals surface area contributed by atoms with Crippen molar-refractivity contribution in [2.24, 2.45) is 5.92 Å². The third-order valence-electron chi connectivity index (χ3n) is 5.71. The zero-order valence-electron chi connectivity index (χ0n) is 14.9. The summed E-state index contributed by atoms with van der Waals surface area (Å²) < 4.78 is 0. The Kier molecular flexibility index (Phi) is 10.1. The van der Waals surface area contributed by atoms with Crippen molar-refractivity contribution in [3.8, 4) is 0 Å². The number of aliphatic hydroxyl groups excluding tert-OH is 1. The van der Waals surface area contributed by atoms with Crippen molar-refractivity contribution in [2.75, 3.05) is 26.7 Å². The summed E-state index contributed by atoms with van der Waals surface area (Å²) >= 11 is 6.24. The second-order valence-electron chi connectivity index (χ2n) is 7.21. The summed E-state index contributed by atoms with van der Waals surface area (Å²) in [4.78, 5) is 2.55. The predicted molar refractivity (Wildman–Crippen MR) is 111 cm³/mol. The van der Waals surface area contributed by atoms with Crippen LogP contribution in [-0.2, 0) is 0 Å². The van der Waals surface area contributed by atoms with E-state index >= 15 is 0 Å². The standard InChI is InChI=1S/C19H29ClN2O.2ClH/c1-21-16-9-10-22(12-16)13-18(14-5-4-6-15(20)11-14)17-7-2-3-8-19(17)23;;/h4-6,11,16-19,21,23H,2-3,7-10,12-13H2,1H3;2*1H/t16-,17?,18?,19?;;/m0../s1. The van der Waals surface area contributed by atoms with Crippen LogP contribution in [-0.4, -0.2) is 48.8 Å². The first-order chi connectivity index (χ1) is 11.2. The Morgan fingerprint density at radius 3 is 2.64 bits per heavy atom. The average molecular weight is 410 g/mol. The molecule has 0 radical (unpaired) electrons. The third-order valence-corrected chi connectivity index (χ3v) is 5.95. The van der Waals surface area contributed by atoms with Crippen LogP contribution in [0.1, 0.15) is 43.6 Å². The summed E-state index contributed by atoms with van der Waals surface area (Å²) in [6, 6.07) is 8.86. The van der Waals surface area contributed by atoms with E-state index in [1.165, 1.54) is 18.4 Å². The number of nitrogens with one attached hydrogen (secondary N) is 1. The molecule has 6 heteroatoms. The maximum atomic E-state index is 10.6. The van der Waals surface area contributed by atoms with Crippen LogP contribution in [0.2, 0.25) is 5.02 Å². The molecule has 4 atom stereocenters. The number of likely N-dealkylation sites (tertiary alicyclic amines) is 1. The lowest BCUT2D eigenvalue weighted by Crippen LogP contribution is -2.38. The molecule has 2 aliphatic rings. The molecule has 3 unspecified atom stereocenters. The minimum absolute atomic E-state index is 0. The Morgan fingerprint density at radius 1 is 1.24 bits per heavy atom. The van der Waals surface area contributed by atoms with Crippen LogP contribution in [0.25, 0.3) is 0 Å². The second-order valence-corrected chi connectivity index (χ2v) is 7.65. The van der Waals surface area contributed by atoms with Gasteiger partial charge >= 0.3 is 0 Å². The molecular weight excluding hydrogens is 379 g/mol. The first kappa shape index (κ1) is 23.0. The van der Waals surface area contributed by atoms with E-state index in [1.54, 1.807) is 0 Å². The van der Waals surface area contributed by atoms with E-state index < -0.39 is 0 Å². The Bertz CT molecular complexity index is 517. The van der Waals surface area contributed by atoms with Gasteiger partial charge in [0, 0.05) is 30.1 Å². The topological polar surface area (TPSA) is 35.5 Å². The molecule has 25 heavy (non-hydrogen) atoms. The van der Waals surface area contributed by atoms with Gasteiger partial charge in [-0.15, -0.1) is 24.8 Å². The molecular formula is C19H31Cl3N2O. The van der Waals surface area contributed by atoms with E-state index in [-0.39, 0.29) is 30.9 Å². The number of rotatable bonds is 5. The highest BCUT2D eigenvalue weighted by Crippen LogP contribution is 2.38. The Labute approximate surface area is 169 Å². The molecule has 144 valence electrons. The van der Waals surface area contributed by atoms with Gasteiger partial charge < -0.3 is 15.3 Å². The summed E-state index contributed by atoms with van der Waals surface area (Å²) in [7, 11) is 2.05. The zero-order chi connectivity index (χ0) is 16.2. The molecule has 2 N–H and O–H groups in total. The summed E-state index contributed by atoms with van der Waals surface area (Å²) in [5.41, 5.74) is 1.29. The van der Waals surface area contributed by atoms with Crippen molar-refractivity contribution in [3.05, 3.63) is 34.9 Å². The van der Waals surface area contributed by atoms with Gasteiger partial charge in [-0.3, -0.25) is 0 Å². The Balaban J connectivity index is 0.00000156. The van der Waals surface area contributed by atoms with E-state index in [9.17, 15) is 5.11 Å². The molecule has 1 aliphatic heterocycles. The van der Waals surface area contributed by atoms with Gasteiger partial charge in [0.1, 0.15) is 0 Å². The number of benzene rings is 1. The molecule has 1 saturated heterocycles. The molecule has 0 amide bonds. The SMILES string of the molecule is CN[C@H]1CCN(CC(c2cccc(Cl)c2)C2CCCCC2O)C1.Cl.Cl. The lowest BCUT2D eigenvalue weighted by molar-refractivity contribution is 0.0475. The van der Waals surface area contributed by atoms with Crippen LogP contribution in [0.3, 0.4) is 0 Å². The molecule has 3 nitrogen and oxygen atoms in total. The van der Waals surface area contributed by atoms with E-state index in [2.05, 4.69) is 22.3 Å². The average Bonchev–Trinajstić information content (AvgIpc) is 3.01. The molecule has 0 aromatic heterocycles. The Morgan fingerprint density at radius 2 is 2.00 bits per heavy atom. The Hall–Kier alpha value is -0.0300. The van der Waals surface area contributed by atoms with E-state index in [1.807, 2.05) is 19.2 Å². The number of nitrogens with zero attached hydrogens (tertiary/aromatic N) is 1. The summed E-state index contributed by atoms with van der Waals surface area (Å²) in [5.74, 6) is 0.732. The van der Waals surface area contributed by atoms with Gasteiger partial charge in [-0.05, 0) is 56.5 Å². The first-order valence-electron chi connectivity index (χ1n) is 9.00. The fraction of sp³-hybridized carbons (Fsp3) is 0.684. The van der Waals surface area contributed by atoms with Gasteiger partial charge in [0.2, 0.25) is 0 Å². The van der Waals surface area contributed by atoms with Crippen molar-refractivity contribution in [1.82, 2.24) is 10.2 Å². The van der Waals surface area contributed by atoms with Crippen LogP contribution in [0, 0.1) is 5.92 Å². The van der Waals surface area contributed by atoms with Crippen molar-refractivity contribution in [2.45, 2.75) is 50.2 Å². The van der Waals surface area contributed by atoms with Gasteiger partial charge in [-0.1, -0.05) is 36.6 Å². The molecule has 1 saturated carbocycles. The molecule has 3 rings (SSSR count). The smallest absolute Gasteiger partial charge is 0.0574 e. The van der Waals surface area contributed by atoms with Crippen molar-refractivity contribution >= 4 is 36.4 Å². The molecule has 0 spiro atoms. The minimum atomic E-state index is -0.171. The van der Waals surface area contributed by atoms with Crippen molar-refractivity contribution in [1.29, 1.82) is 0 Å². The number of hydrogen-bond acceptors (Lipinski definition) is 3. The molecule has 0 bridgehead atoms. The van der Waals surface area contributed by atoms with Crippen LogP contribution in [0.15, 0.2) is 24.3 Å². The zero-order valence-corrected chi connectivity index (χ0v) is 17.3. The van der Waals surface area contributed by atoms with E-state index in [0.717, 1.165) is 43.9 Å². The molecule has 1 aliphatic carbocycles. The highest BCUT2D eigenvalue weighted by atomic mass is 35.5. The molecule has 2 fully saturated rings. The van der Waals surface area contributed by atoms with Gasteiger partial charge in [-0.25, -0.2) is 0 Å². The number of likely N-dealkylation sites (N-methyl/N-ethyl adjacent to an activating group) is 1. The molecule has 1 aromatic rings. The van der Waals surface area contributed by atoms with Crippen molar-refractivity contribution < 1.29 is 5.11 Å². The minimum Gasteiger partial charge on any atom is -0.393 e. The van der Waals surface area contributed by atoms with Crippen LogP contribution in [0.5, 0.6) is 0 Å². The van der Waals surface area contributed by atoms with Gasteiger partial charge in [-0.2, -0.15) is 0 Å². The molecule has 1 aromatic carbocycles. The van der Waals surface area contributed by atoms with Gasteiger partial charge in [0.05, 0.1) is 6.10 Å². The lowest BCUT2D eigenvalue weighted by atomic mass is 9.75. The van der Waals surface area contributed by atoms with Crippen LogP contribution in [0.4, 0.5) is 0 Å². The highest BCUT2D eigenvalue weighted by Gasteiger charge is 2.34. The fourth-order valence-electron chi connectivity index (χ4n) is 4.35. The second kappa shape index (κ2) is 11.0. The van der Waals surface area contributed by atoms with Gasteiger partial charge in [0.25, 0.3) is 0 Å². The lowest BCUT2D eigenvalue weighted by Gasteiger charge is -2.37. The summed E-state index contributed by atoms with van der Waals surface area (Å²) in [6.45, 7) is 3.28. The summed E-state index contributed by atoms with van der Waals surface area (Å²) in [6.07, 6.45) is 5.51. The van der Waals surface area contributed by atoms with Crippen LogP contribution >= 0.6 is 36.4 Å². The first-order valence-corrected chi connectivity index (χ1v) is 9.38. The van der Waals surface area contributed by atoms with Crippen LogP contribution < -0.4 is 5.32 Å². The quantitative estimate of drug-likeness (QED) is 0.768. The van der Waals surface area contributed by atoms with Crippen molar-refractivity contribution in [3.63, 3.8) is 0 Å².